The molecule has 1 unspecified atom stereocenters. The van der Waals surface area contributed by atoms with E-state index in [-0.39, 0.29) is 18.4 Å². The number of aryl methyl sites for hydroxylation is 2. The van der Waals surface area contributed by atoms with Crippen molar-refractivity contribution in [3.05, 3.63) is 60.2 Å². The van der Waals surface area contributed by atoms with Gasteiger partial charge in [-0.3, -0.25) is 4.79 Å². The quantitative estimate of drug-likeness (QED) is 0.556. The molecule has 1 aromatic heterocycles. The number of nitrogens with zero attached hydrogens (tertiary/aromatic N) is 5. The highest BCUT2D eigenvalue weighted by molar-refractivity contribution is 5.81. The number of aromatic nitrogens is 4. The minimum atomic E-state index is -0.765. The van der Waals surface area contributed by atoms with E-state index in [0.29, 0.717) is 12.4 Å². The van der Waals surface area contributed by atoms with Crippen molar-refractivity contribution in [2.45, 2.75) is 38.3 Å². The molecule has 158 valence electrons. The molecule has 0 aliphatic heterocycles. The molecule has 1 aliphatic carbocycles. The van der Waals surface area contributed by atoms with Crippen molar-refractivity contribution >= 4 is 11.6 Å². The Kier molecular flexibility index (Phi) is 5.94. The second-order valence-corrected chi connectivity index (χ2v) is 8.01. The molecule has 1 heterocycles. The van der Waals surface area contributed by atoms with Gasteiger partial charge in [-0.05, 0) is 55.0 Å². The highest BCUT2D eigenvalue weighted by Gasteiger charge is 2.42. The van der Waals surface area contributed by atoms with Crippen molar-refractivity contribution in [1.82, 2.24) is 25.5 Å². The second-order valence-electron chi connectivity index (χ2n) is 8.01. The summed E-state index contributed by atoms with van der Waals surface area (Å²) in [4.78, 5) is 13.8. The number of hydrogen-bond donors (Lipinski definition) is 2. The Morgan fingerprint density at radius 1 is 1.19 bits per heavy atom. The van der Waals surface area contributed by atoms with Gasteiger partial charge >= 0.3 is 0 Å². The van der Waals surface area contributed by atoms with Gasteiger partial charge < -0.3 is 10.6 Å². The minimum Gasteiger partial charge on any atom is -0.376 e. The van der Waals surface area contributed by atoms with E-state index >= 15 is 0 Å². The zero-order valence-corrected chi connectivity index (χ0v) is 17.5. The number of tetrazole rings is 1. The molecule has 2 aromatic carbocycles. The van der Waals surface area contributed by atoms with Gasteiger partial charge in [-0.1, -0.05) is 42.5 Å². The maximum Gasteiger partial charge on any atom is 0.240 e. The predicted molar refractivity (Wildman–Crippen MR) is 117 cm³/mol. The van der Waals surface area contributed by atoms with Crippen molar-refractivity contribution in [3.8, 4) is 17.5 Å². The Balaban J connectivity index is 1.25. The summed E-state index contributed by atoms with van der Waals surface area (Å²) in [7, 11) is 0. The van der Waals surface area contributed by atoms with E-state index in [1.807, 2.05) is 54.6 Å². The van der Waals surface area contributed by atoms with E-state index in [1.54, 1.807) is 11.7 Å². The third-order valence-corrected chi connectivity index (χ3v) is 5.52. The molecular formula is C23H25N7O. The largest absolute Gasteiger partial charge is 0.376 e. The van der Waals surface area contributed by atoms with Crippen LogP contribution in [0.2, 0.25) is 0 Å². The van der Waals surface area contributed by atoms with Crippen molar-refractivity contribution in [2.75, 3.05) is 11.9 Å². The van der Waals surface area contributed by atoms with Crippen LogP contribution in [0.5, 0.6) is 0 Å². The van der Waals surface area contributed by atoms with Crippen molar-refractivity contribution < 1.29 is 4.79 Å². The molecule has 1 atom stereocenters. The highest BCUT2D eigenvalue weighted by Crippen LogP contribution is 2.39. The van der Waals surface area contributed by atoms with Crippen LogP contribution < -0.4 is 10.6 Å². The molecule has 0 bridgehead atoms. The SMILES string of the molecule is CC(C#N)(NC(=O)CNc1ccc(CCn2nnc(-c3ccccc3)n2)cc1)C1CC1. The van der Waals surface area contributed by atoms with Crippen LogP contribution in [0.25, 0.3) is 11.4 Å². The summed E-state index contributed by atoms with van der Waals surface area (Å²) in [5, 5.41) is 28.0. The lowest BCUT2D eigenvalue weighted by Crippen LogP contribution is -2.48. The van der Waals surface area contributed by atoms with Gasteiger partial charge in [-0.25, -0.2) is 0 Å². The molecule has 8 heteroatoms. The molecule has 8 nitrogen and oxygen atoms in total. The predicted octanol–water partition coefficient (Wildman–Crippen LogP) is 2.80. The van der Waals surface area contributed by atoms with Crippen molar-refractivity contribution in [2.24, 2.45) is 5.92 Å². The average Bonchev–Trinajstić information content (AvgIpc) is 3.56. The number of hydrogen-bond acceptors (Lipinski definition) is 6. The van der Waals surface area contributed by atoms with E-state index in [1.165, 1.54) is 0 Å². The molecule has 1 aliphatic rings. The maximum absolute atomic E-state index is 12.2. The number of carbonyl (C=O) groups is 1. The normalized spacial score (nSPS) is 15.0. The summed E-state index contributed by atoms with van der Waals surface area (Å²) in [6, 6.07) is 19.9. The lowest BCUT2D eigenvalue weighted by Gasteiger charge is -2.23. The van der Waals surface area contributed by atoms with Crippen LogP contribution in [0.3, 0.4) is 0 Å². The van der Waals surface area contributed by atoms with Gasteiger partial charge in [0.1, 0.15) is 5.54 Å². The lowest BCUT2D eigenvalue weighted by atomic mass is 9.98. The zero-order valence-electron chi connectivity index (χ0n) is 17.5. The first-order valence-corrected chi connectivity index (χ1v) is 10.4. The van der Waals surface area contributed by atoms with Gasteiger partial charge in [0.15, 0.2) is 0 Å². The molecule has 1 fully saturated rings. The van der Waals surface area contributed by atoms with E-state index in [0.717, 1.165) is 36.1 Å². The number of benzene rings is 2. The second kappa shape index (κ2) is 8.96. The third kappa shape index (κ3) is 5.25. The Morgan fingerprint density at radius 3 is 2.61 bits per heavy atom. The number of amides is 1. The fourth-order valence-electron chi connectivity index (χ4n) is 3.46. The number of nitriles is 1. The van der Waals surface area contributed by atoms with Gasteiger partial charge in [0.25, 0.3) is 0 Å². The summed E-state index contributed by atoms with van der Waals surface area (Å²) in [5.41, 5.74) is 2.17. The monoisotopic (exact) mass is 415 g/mol. The summed E-state index contributed by atoms with van der Waals surface area (Å²) in [6.45, 7) is 2.56. The molecular weight excluding hydrogens is 390 g/mol. The van der Waals surface area contributed by atoms with E-state index in [2.05, 4.69) is 32.1 Å². The Labute approximate surface area is 181 Å². The summed E-state index contributed by atoms with van der Waals surface area (Å²) in [6.07, 6.45) is 2.76. The Bertz CT molecular complexity index is 1070. The number of anilines is 1. The van der Waals surface area contributed by atoms with Gasteiger partial charge in [0.05, 0.1) is 19.2 Å². The Hall–Kier alpha value is -3.73. The van der Waals surface area contributed by atoms with Crippen LogP contribution in [-0.2, 0) is 17.8 Å². The highest BCUT2D eigenvalue weighted by atomic mass is 16.2. The molecule has 4 rings (SSSR count). The smallest absolute Gasteiger partial charge is 0.240 e. The van der Waals surface area contributed by atoms with E-state index in [9.17, 15) is 10.1 Å². The minimum absolute atomic E-state index is 0.133. The van der Waals surface area contributed by atoms with Crippen molar-refractivity contribution in [1.29, 1.82) is 5.26 Å². The van der Waals surface area contributed by atoms with Gasteiger partial charge in [-0.2, -0.15) is 10.1 Å². The molecule has 0 radical (unpaired) electrons. The molecule has 0 spiro atoms. The molecule has 1 amide bonds. The van der Waals surface area contributed by atoms with Crippen LogP contribution in [0.4, 0.5) is 5.69 Å². The van der Waals surface area contributed by atoms with Crippen LogP contribution in [0.1, 0.15) is 25.3 Å². The fraction of sp³-hybridized carbons (Fsp3) is 0.348. The fourth-order valence-corrected chi connectivity index (χ4v) is 3.46. The lowest BCUT2D eigenvalue weighted by molar-refractivity contribution is -0.120. The molecule has 0 saturated heterocycles. The Morgan fingerprint density at radius 2 is 1.94 bits per heavy atom. The van der Waals surface area contributed by atoms with Gasteiger partial charge in [0, 0.05) is 11.3 Å². The van der Waals surface area contributed by atoms with Crippen LogP contribution in [-0.4, -0.2) is 38.2 Å². The number of carbonyl (C=O) groups excluding carboxylic acids is 1. The summed E-state index contributed by atoms with van der Waals surface area (Å²) >= 11 is 0. The van der Waals surface area contributed by atoms with Crippen LogP contribution in [0.15, 0.2) is 54.6 Å². The van der Waals surface area contributed by atoms with E-state index in [4.69, 9.17) is 0 Å². The van der Waals surface area contributed by atoms with E-state index < -0.39 is 5.54 Å². The van der Waals surface area contributed by atoms with Crippen LogP contribution in [0, 0.1) is 17.2 Å². The molecule has 31 heavy (non-hydrogen) atoms. The number of rotatable bonds is 9. The first-order valence-electron chi connectivity index (χ1n) is 10.4. The number of nitrogens with one attached hydrogen (secondary N) is 2. The third-order valence-electron chi connectivity index (χ3n) is 5.52. The van der Waals surface area contributed by atoms with Crippen molar-refractivity contribution in [3.63, 3.8) is 0 Å². The topological polar surface area (TPSA) is 109 Å². The standard InChI is InChI=1S/C23H25N7O/c1-23(16-24,19-9-10-19)26-21(31)15-25-20-11-7-17(8-12-20)13-14-30-28-22(27-29-30)18-5-3-2-4-6-18/h2-8,11-12,19,25H,9-10,13-15H2,1H3,(H,26,31). The zero-order chi connectivity index (χ0) is 21.7. The van der Waals surface area contributed by atoms with Gasteiger partial charge in [0.2, 0.25) is 11.7 Å². The summed E-state index contributed by atoms with van der Waals surface area (Å²) < 4.78 is 0. The average molecular weight is 416 g/mol. The van der Waals surface area contributed by atoms with Crippen LogP contribution >= 0.6 is 0 Å². The molecule has 3 aromatic rings. The molecule has 1 saturated carbocycles. The maximum atomic E-state index is 12.2. The first-order chi connectivity index (χ1) is 15.1. The summed E-state index contributed by atoms with van der Waals surface area (Å²) in [5.74, 6) is 0.711. The van der Waals surface area contributed by atoms with Gasteiger partial charge in [-0.15, -0.1) is 10.2 Å². The molecule has 2 N–H and O–H groups in total. The first kappa shape index (κ1) is 20.5.